The maximum absolute atomic E-state index is 12.0. The van der Waals surface area contributed by atoms with E-state index in [-0.39, 0.29) is 10.9 Å². The Bertz CT molecular complexity index is 539. The zero-order valence-corrected chi connectivity index (χ0v) is 12.7. The van der Waals surface area contributed by atoms with Crippen LogP contribution in [0, 0.1) is 13.8 Å². The first kappa shape index (κ1) is 15.8. The number of aryl methyl sites for hydroxylation is 1. The summed E-state index contributed by atoms with van der Waals surface area (Å²) in [5, 5.41) is 9.43. The van der Waals surface area contributed by atoms with E-state index in [1.165, 1.54) is 0 Å². The summed E-state index contributed by atoms with van der Waals surface area (Å²) in [4.78, 5) is 27.1. The van der Waals surface area contributed by atoms with Crippen molar-refractivity contribution in [1.82, 2.24) is 9.55 Å². The molecule has 106 valence electrons. The summed E-state index contributed by atoms with van der Waals surface area (Å²) in [6.07, 6.45) is 1.98. The molecule has 0 saturated carbocycles. The predicted molar refractivity (Wildman–Crippen MR) is 77.0 cm³/mol. The minimum Gasteiger partial charge on any atom is -0.481 e. The molecule has 1 rings (SSSR count). The van der Waals surface area contributed by atoms with Crippen LogP contribution < -0.4 is 5.69 Å². The molecule has 0 spiro atoms. The lowest BCUT2D eigenvalue weighted by Gasteiger charge is -2.19. The van der Waals surface area contributed by atoms with Gasteiger partial charge in [0.05, 0.1) is 5.92 Å². The molecule has 0 aromatic carbocycles. The maximum Gasteiger partial charge on any atom is 0.348 e. The average Bonchev–Trinajstić information content (AvgIpc) is 2.33. The fraction of sp³-hybridized carbons (Fsp3) is 0.615. The van der Waals surface area contributed by atoms with Crippen LogP contribution in [0.4, 0.5) is 0 Å². The maximum atomic E-state index is 12.0. The Kier molecular flexibility index (Phi) is 5.17. The van der Waals surface area contributed by atoms with Gasteiger partial charge in [0.15, 0.2) is 0 Å². The molecule has 1 N–H and O–H groups in total. The average molecular weight is 284 g/mol. The summed E-state index contributed by atoms with van der Waals surface area (Å²) in [6.45, 7) is 7.66. The molecule has 0 bridgehead atoms. The van der Waals surface area contributed by atoms with E-state index in [1.807, 2.05) is 13.2 Å². The Morgan fingerprint density at radius 2 is 2.00 bits per heavy atom. The predicted octanol–water partition coefficient (Wildman–Crippen LogP) is 1.80. The Morgan fingerprint density at radius 1 is 1.42 bits per heavy atom. The lowest BCUT2D eigenvalue weighted by molar-refractivity contribution is -0.138. The minimum atomic E-state index is -0.906. The van der Waals surface area contributed by atoms with Gasteiger partial charge < -0.3 is 5.11 Å². The van der Waals surface area contributed by atoms with Gasteiger partial charge in [0.25, 0.3) is 0 Å². The molecular formula is C13H20N2O3S. The fourth-order valence-electron chi connectivity index (χ4n) is 2.11. The van der Waals surface area contributed by atoms with E-state index in [0.717, 1.165) is 0 Å². The van der Waals surface area contributed by atoms with Crippen molar-refractivity contribution in [3.8, 4) is 0 Å². The van der Waals surface area contributed by atoms with Crippen LogP contribution >= 0.6 is 11.8 Å². The third kappa shape index (κ3) is 3.37. The molecule has 6 heteroatoms. The summed E-state index contributed by atoms with van der Waals surface area (Å²) in [7, 11) is 0. The number of hydrogen-bond donors (Lipinski definition) is 1. The SMILES string of the molecule is CSC(C)Cn1c(C)c(C(C)C(=O)O)c(C)nc1=O. The van der Waals surface area contributed by atoms with Gasteiger partial charge in [0.2, 0.25) is 0 Å². The minimum absolute atomic E-state index is 0.272. The molecule has 0 aliphatic rings. The van der Waals surface area contributed by atoms with Crippen molar-refractivity contribution >= 4 is 17.7 Å². The van der Waals surface area contributed by atoms with Crippen LogP contribution in [0.3, 0.4) is 0 Å². The van der Waals surface area contributed by atoms with Gasteiger partial charge in [-0.1, -0.05) is 6.92 Å². The Labute approximate surface area is 117 Å². The number of carbonyl (C=O) groups is 1. The van der Waals surface area contributed by atoms with Crippen molar-refractivity contribution in [2.75, 3.05) is 6.26 Å². The number of aromatic nitrogens is 2. The molecule has 0 aliphatic heterocycles. The molecule has 2 unspecified atom stereocenters. The highest BCUT2D eigenvalue weighted by Gasteiger charge is 2.22. The van der Waals surface area contributed by atoms with Crippen LogP contribution in [0.2, 0.25) is 0 Å². The van der Waals surface area contributed by atoms with Gasteiger partial charge in [-0.3, -0.25) is 9.36 Å². The highest BCUT2D eigenvalue weighted by molar-refractivity contribution is 7.99. The second kappa shape index (κ2) is 6.23. The van der Waals surface area contributed by atoms with Gasteiger partial charge in [-0.25, -0.2) is 4.79 Å². The molecule has 1 aromatic rings. The van der Waals surface area contributed by atoms with E-state index in [4.69, 9.17) is 5.11 Å². The monoisotopic (exact) mass is 284 g/mol. The smallest absolute Gasteiger partial charge is 0.348 e. The van der Waals surface area contributed by atoms with Crippen LogP contribution in [-0.4, -0.2) is 32.1 Å². The highest BCUT2D eigenvalue weighted by Crippen LogP contribution is 2.22. The van der Waals surface area contributed by atoms with Crippen molar-refractivity contribution in [2.45, 2.75) is 45.4 Å². The Morgan fingerprint density at radius 3 is 2.47 bits per heavy atom. The molecule has 2 atom stereocenters. The quantitative estimate of drug-likeness (QED) is 0.892. The number of thioether (sulfide) groups is 1. The number of aliphatic carboxylic acids is 1. The molecule has 0 fully saturated rings. The standard InChI is InChI=1S/C13H20N2O3S/c1-7(19-5)6-15-10(4)11(8(2)12(16)17)9(3)14-13(15)18/h7-8H,6H2,1-5H3,(H,16,17). The number of rotatable bonds is 5. The van der Waals surface area contributed by atoms with Gasteiger partial charge in [-0.15, -0.1) is 0 Å². The molecule has 1 heterocycles. The normalized spacial score (nSPS) is 14.2. The largest absolute Gasteiger partial charge is 0.481 e. The fourth-order valence-corrected chi connectivity index (χ4v) is 2.41. The Hall–Kier alpha value is -1.30. The summed E-state index contributed by atoms with van der Waals surface area (Å²) in [6, 6.07) is 0. The van der Waals surface area contributed by atoms with Crippen LogP contribution in [0.25, 0.3) is 0 Å². The van der Waals surface area contributed by atoms with Gasteiger partial charge >= 0.3 is 11.7 Å². The van der Waals surface area contributed by atoms with Crippen LogP contribution in [-0.2, 0) is 11.3 Å². The molecular weight excluding hydrogens is 264 g/mol. The van der Waals surface area contributed by atoms with E-state index in [0.29, 0.717) is 23.5 Å². The van der Waals surface area contributed by atoms with Crippen molar-refractivity contribution < 1.29 is 9.90 Å². The number of carboxylic acids is 1. The zero-order valence-electron chi connectivity index (χ0n) is 11.9. The lowest BCUT2D eigenvalue weighted by Crippen LogP contribution is -2.31. The van der Waals surface area contributed by atoms with Gasteiger partial charge in [0.1, 0.15) is 0 Å². The zero-order chi connectivity index (χ0) is 14.7. The van der Waals surface area contributed by atoms with Crippen LogP contribution in [0.1, 0.15) is 36.7 Å². The molecule has 0 radical (unpaired) electrons. The second-order valence-electron chi connectivity index (χ2n) is 4.70. The van der Waals surface area contributed by atoms with Crippen molar-refractivity contribution in [3.05, 3.63) is 27.4 Å². The summed E-state index contributed by atoms with van der Waals surface area (Å²) in [5.41, 5.74) is 1.54. The van der Waals surface area contributed by atoms with Crippen LogP contribution in [0.5, 0.6) is 0 Å². The van der Waals surface area contributed by atoms with Crippen molar-refractivity contribution in [1.29, 1.82) is 0 Å². The molecule has 5 nitrogen and oxygen atoms in total. The molecule has 19 heavy (non-hydrogen) atoms. The first-order chi connectivity index (χ1) is 8.79. The van der Waals surface area contributed by atoms with Crippen LogP contribution in [0.15, 0.2) is 4.79 Å². The Balaban J connectivity index is 3.38. The summed E-state index contributed by atoms with van der Waals surface area (Å²) in [5.74, 6) is -1.57. The molecule has 0 aliphatic carbocycles. The summed E-state index contributed by atoms with van der Waals surface area (Å²) < 4.78 is 1.57. The van der Waals surface area contributed by atoms with E-state index < -0.39 is 11.9 Å². The number of hydrogen-bond acceptors (Lipinski definition) is 4. The van der Waals surface area contributed by atoms with Crippen molar-refractivity contribution in [2.24, 2.45) is 0 Å². The number of carboxylic acid groups (broad SMARTS) is 1. The molecule has 0 saturated heterocycles. The van der Waals surface area contributed by atoms with Gasteiger partial charge in [0, 0.05) is 28.7 Å². The highest BCUT2D eigenvalue weighted by atomic mass is 32.2. The van der Waals surface area contributed by atoms with E-state index >= 15 is 0 Å². The first-order valence-electron chi connectivity index (χ1n) is 6.13. The second-order valence-corrected chi connectivity index (χ2v) is 5.97. The van der Waals surface area contributed by atoms with E-state index in [1.54, 1.807) is 37.1 Å². The van der Waals surface area contributed by atoms with Crippen molar-refractivity contribution in [3.63, 3.8) is 0 Å². The third-order valence-electron chi connectivity index (χ3n) is 3.32. The lowest BCUT2D eigenvalue weighted by atomic mass is 9.98. The van der Waals surface area contributed by atoms with E-state index in [2.05, 4.69) is 4.98 Å². The topological polar surface area (TPSA) is 72.2 Å². The van der Waals surface area contributed by atoms with E-state index in [9.17, 15) is 9.59 Å². The summed E-state index contributed by atoms with van der Waals surface area (Å²) >= 11 is 1.66. The first-order valence-corrected chi connectivity index (χ1v) is 7.41. The van der Waals surface area contributed by atoms with Gasteiger partial charge in [-0.2, -0.15) is 16.7 Å². The molecule has 1 aromatic heterocycles. The van der Waals surface area contributed by atoms with Gasteiger partial charge in [-0.05, 0) is 27.0 Å². The number of nitrogens with zero attached hydrogens (tertiary/aromatic N) is 2. The third-order valence-corrected chi connectivity index (χ3v) is 4.28. The molecule has 0 amide bonds.